The molecule has 4 nitrogen and oxygen atoms in total. The predicted molar refractivity (Wildman–Crippen MR) is 76.9 cm³/mol. The minimum atomic E-state index is -0.616. The lowest BCUT2D eigenvalue weighted by molar-refractivity contribution is -0.122. The van der Waals surface area contributed by atoms with Crippen LogP contribution in [0.4, 0.5) is 8.78 Å². The Morgan fingerprint density at radius 3 is 2.59 bits per heavy atom. The summed E-state index contributed by atoms with van der Waals surface area (Å²) in [6, 6.07) is 5.25. The summed E-state index contributed by atoms with van der Waals surface area (Å²) >= 11 is 0. The number of nitrogens with one attached hydrogen (secondary N) is 1. The van der Waals surface area contributed by atoms with Crippen LogP contribution in [0.25, 0.3) is 0 Å². The smallest absolute Gasteiger partial charge is 0.220 e. The second-order valence-corrected chi connectivity index (χ2v) is 5.66. The Balaban J connectivity index is 1.56. The molecular weight excluding hydrogens is 288 g/mol. The van der Waals surface area contributed by atoms with Crippen LogP contribution in [-0.4, -0.2) is 15.7 Å². The van der Waals surface area contributed by atoms with Gasteiger partial charge < -0.3 is 5.32 Å². The maximum Gasteiger partial charge on any atom is 0.220 e. The van der Waals surface area contributed by atoms with Crippen molar-refractivity contribution in [1.82, 2.24) is 15.1 Å². The first-order valence-corrected chi connectivity index (χ1v) is 7.32. The van der Waals surface area contributed by atoms with E-state index >= 15 is 0 Å². The van der Waals surface area contributed by atoms with Crippen molar-refractivity contribution in [2.24, 2.45) is 0 Å². The van der Waals surface area contributed by atoms with Crippen molar-refractivity contribution in [2.45, 2.75) is 37.8 Å². The molecule has 0 saturated heterocycles. The number of rotatable bonds is 6. The Morgan fingerprint density at radius 1 is 1.27 bits per heavy atom. The molecule has 1 aromatic carbocycles. The number of hydrogen-bond acceptors (Lipinski definition) is 2. The molecule has 0 bridgehead atoms. The van der Waals surface area contributed by atoms with Crippen LogP contribution in [0, 0.1) is 11.6 Å². The summed E-state index contributed by atoms with van der Waals surface area (Å²) in [7, 11) is 0. The van der Waals surface area contributed by atoms with Gasteiger partial charge in [-0.3, -0.25) is 9.48 Å². The fourth-order valence-electron chi connectivity index (χ4n) is 2.60. The fraction of sp³-hybridized carbons (Fsp3) is 0.375. The Labute approximate surface area is 127 Å². The van der Waals surface area contributed by atoms with Gasteiger partial charge in [-0.05, 0) is 43.0 Å². The first-order valence-electron chi connectivity index (χ1n) is 7.32. The lowest BCUT2D eigenvalue weighted by Crippen LogP contribution is -2.35. The summed E-state index contributed by atoms with van der Waals surface area (Å²) in [6.07, 6.45) is 5.98. The van der Waals surface area contributed by atoms with Crippen LogP contribution in [0.15, 0.2) is 36.7 Å². The highest BCUT2D eigenvalue weighted by atomic mass is 19.1. The number of amides is 1. The van der Waals surface area contributed by atoms with Crippen LogP contribution >= 0.6 is 0 Å². The first kappa shape index (κ1) is 14.7. The molecule has 1 amide bonds. The van der Waals surface area contributed by atoms with Gasteiger partial charge in [0, 0.05) is 31.4 Å². The van der Waals surface area contributed by atoms with Crippen molar-refractivity contribution in [1.29, 1.82) is 0 Å². The maximum absolute atomic E-state index is 13.3. The van der Waals surface area contributed by atoms with Crippen LogP contribution in [-0.2, 0) is 16.9 Å². The molecule has 1 saturated carbocycles. The molecule has 1 aliphatic rings. The van der Waals surface area contributed by atoms with Crippen LogP contribution in [0.3, 0.4) is 0 Å². The normalized spacial score (nSPS) is 15.5. The second-order valence-electron chi connectivity index (χ2n) is 5.66. The van der Waals surface area contributed by atoms with Gasteiger partial charge in [-0.2, -0.15) is 5.10 Å². The highest BCUT2D eigenvalue weighted by Crippen LogP contribution is 2.45. The zero-order valence-electron chi connectivity index (χ0n) is 12.1. The van der Waals surface area contributed by atoms with Crippen LogP contribution in [0.2, 0.25) is 0 Å². The van der Waals surface area contributed by atoms with E-state index in [1.165, 1.54) is 12.1 Å². The second kappa shape index (κ2) is 5.87. The Morgan fingerprint density at radius 2 is 2.00 bits per heavy atom. The van der Waals surface area contributed by atoms with E-state index < -0.39 is 17.2 Å². The van der Waals surface area contributed by atoms with Gasteiger partial charge in [0.2, 0.25) is 5.91 Å². The van der Waals surface area contributed by atoms with Gasteiger partial charge in [-0.25, -0.2) is 8.78 Å². The standard InChI is InChI=1S/C16H17F2N3O/c17-13-9-12(10-14(18)11-13)16(4-5-16)20-15(22)3-1-7-21-8-2-6-19-21/h2,6,8-11H,1,3-5,7H2,(H,20,22). The minimum Gasteiger partial charge on any atom is -0.347 e. The van der Waals surface area contributed by atoms with Crippen molar-refractivity contribution >= 4 is 5.91 Å². The van der Waals surface area contributed by atoms with E-state index in [1.54, 1.807) is 10.9 Å². The van der Waals surface area contributed by atoms with Gasteiger partial charge in [-0.1, -0.05) is 0 Å². The lowest BCUT2D eigenvalue weighted by Gasteiger charge is -2.18. The molecule has 0 unspecified atom stereocenters. The van der Waals surface area contributed by atoms with E-state index in [0.717, 1.165) is 6.07 Å². The molecule has 3 rings (SSSR count). The average Bonchev–Trinajstić information content (AvgIpc) is 3.04. The van der Waals surface area contributed by atoms with Crippen LogP contribution in [0.1, 0.15) is 31.2 Å². The van der Waals surface area contributed by atoms with E-state index in [-0.39, 0.29) is 5.91 Å². The molecule has 2 aromatic rings. The number of nitrogens with zero attached hydrogens (tertiary/aromatic N) is 2. The maximum atomic E-state index is 13.3. The third-order valence-electron chi connectivity index (χ3n) is 3.89. The third kappa shape index (κ3) is 3.32. The third-order valence-corrected chi connectivity index (χ3v) is 3.89. The predicted octanol–water partition coefficient (Wildman–Crippen LogP) is 2.75. The highest BCUT2D eigenvalue weighted by Gasteiger charge is 2.45. The number of carbonyl (C=O) groups excluding carboxylic acids is 1. The number of aryl methyl sites for hydroxylation is 1. The largest absolute Gasteiger partial charge is 0.347 e. The molecule has 116 valence electrons. The molecule has 0 aliphatic heterocycles. The summed E-state index contributed by atoms with van der Waals surface area (Å²) < 4.78 is 28.4. The Bertz CT molecular complexity index is 646. The first-order chi connectivity index (χ1) is 10.6. The van der Waals surface area contributed by atoms with Crippen molar-refractivity contribution in [2.75, 3.05) is 0 Å². The van der Waals surface area contributed by atoms with Crippen LogP contribution < -0.4 is 5.32 Å². The molecule has 6 heteroatoms. The molecule has 0 radical (unpaired) electrons. The lowest BCUT2D eigenvalue weighted by atomic mass is 10.0. The van der Waals surface area contributed by atoms with E-state index in [4.69, 9.17) is 0 Å². The molecule has 1 heterocycles. The number of aromatic nitrogens is 2. The fourth-order valence-corrected chi connectivity index (χ4v) is 2.60. The highest BCUT2D eigenvalue weighted by molar-refractivity contribution is 5.77. The van der Waals surface area contributed by atoms with Crippen molar-refractivity contribution in [3.05, 3.63) is 53.9 Å². The van der Waals surface area contributed by atoms with E-state index in [0.29, 0.717) is 37.8 Å². The summed E-state index contributed by atoms with van der Waals surface area (Å²) in [5.41, 5.74) is -0.0865. The number of hydrogen-bond donors (Lipinski definition) is 1. The summed E-state index contributed by atoms with van der Waals surface area (Å²) in [4.78, 5) is 12.0. The van der Waals surface area contributed by atoms with Gasteiger partial charge in [-0.15, -0.1) is 0 Å². The molecular formula is C16H17F2N3O. The molecule has 0 spiro atoms. The Hall–Kier alpha value is -2.24. The monoisotopic (exact) mass is 305 g/mol. The molecule has 1 N–H and O–H groups in total. The van der Waals surface area contributed by atoms with Crippen molar-refractivity contribution < 1.29 is 13.6 Å². The van der Waals surface area contributed by atoms with Crippen LogP contribution in [0.5, 0.6) is 0 Å². The van der Waals surface area contributed by atoms with E-state index in [9.17, 15) is 13.6 Å². The summed E-state index contributed by atoms with van der Waals surface area (Å²) in [6.45, 7) is 0.669. The topological polar surface area (TPSA) is 46.9 Å². The molecule has 1 fully saturated rings. The minimum absolute atomic E-state index is 0.102. The number of benzene rings is 1. The molecule has 1 aliphatic carbocycles. The zero-order chi connectivity index (χ0) is 15.6. The van der Waals surface area contributed by atoms with E-state index in [2.05, 4.69) is 10.4 Å². The van der Waals surface area contributed by atoms with E-state index in [1.807, 2.05) is 12.3 Å². The van der Waals surface area contributed by atoms with Gasteiger partial charge in [0.1, 0.15) is 11.6 Å². The Kier molecular flexibility index (Phi) is 3.92. The molecule has 0 atom stereocenters. The van der Waals surface area contributed by atoms with Crippen molar-refractivity contribution in [3.63, 3.8) is 0 Å². The van der Waals surface area contributed by atoms with Gasteiger partial charge in [0.15, 0.2) is 0 Å². The van der Waals surface area contributed by atoms with Crippen molar-refractivity contribution in [3.8, 4) is 0 Å². The SMILES string of the molecule is O=C(CCCn1cccn1)NC1(c2cc(F)cc(F)c2)CC1. The zero-order valence-corrected chi connectivity index (χ0v) is 12.1. The van der Waals surface area contributed by atoms with Gasteiger partial charge in [0.05, 0.1) is 5.54 Å². The average molecular weight is 305 g/mol. The summed E-state index contributed by atoms with van der Waals surface area (Å²) in [5.74, 6) is -1.34. The summed E-state index contributed by atoms with van der Waals surface area (Å²) in [5, 5.41) is 6.98. The quantitative estimate of drug-likeness (QED) is 0.892. The number of halogens is 2. The molecule has 22 heavy (non-hydrogen) atoms. The molecule has 1 aromatic heterocycles. The van der Waals surface area contributed by atoms with Gasteiger partial charge in [0.25, 0.3) is 0 Å². The number of carbonyl (C=O) groups is 1. The van der Waals surface area contributed by atoms with Gasteiger partial charge >= 0.3 is 0 Å².